The van der Waals surface area contributed by atoms with Crippen LogP contribution in [0.1, 0.15) is 25.8 Å². The molecular formula is C13H14BrClN2O. The summed E-state index contributed by atoms with van der Waals surface area (Å²) in [6.07, 6.45) is 1.72. The highest BCUT2D eigenvalue weighted by molar-refractivity contribution is 9.10. The molecule has 1 N–H and O–H groups in total. The summed E-state index contributed by atoms with van der Waals surface area (Å²) in [6, 6.07) is 5.75. The van der Waals surface area contributed by atoms with Crippen LogP contribution in [0.25, 0.3) is 11.3 Å². The molecule has 0 saturated heterocycles. The molecule has 0 bridgehead atoms. The molecule has 2 aromatic rings. The minimum absolute atomic E-state index is 0.103. The molecule has 0 amide bonds. The Bertz CT molecular complexity index is 521. The van der Waals surface area contributed by atoms with E-state index in [2.05, 4.69) is 33.2 Å². The van der Waals surface area contributed by atoms with Crippen molar-refractivity contribution in [2.45, 2.75) is 19.9 Å². The van der Waals surface area contributed by atoms with Crippen LogP contribution in [0.3, 0.4) is 0 Å². The number of hydrogen-bond acceptors (Lipinski definition) is 3. The molecule has 0 saturated carbocycles. The molecule has 18 heavy (non-hydrogen) atoms. The molecule has 0 aliphatic carbocycles. The average Bonchev–Trinajstić information content (AvgIpc) is 2.77. The quantitative estimate of drug-likeness (QED) is 0.902. The SMILES string of the molecule is CCNC(C)c1ncc(-c2cc(Cl)cc(Br)c2)o1. The van der Waals surface area contributed by atoms with Gasteiger partial charge in [0.05, 0.1) is 12.2 Å². The third kappa shape index (κ3) is 3.13. The predicted octanol–water partition coefficient (Wildman–Crippen LogP) is 4.43. The molecular weight excluding hydrogens is 316 g/mol. The van der Waals surface area contributed by atoms with Gasteiger partial charge in [-0.15, -0.1) is 0 Å². The third-order valence-corrected chi connectivity index (χ3v) is 3.23. The fourth-order valence-corrected chi connectivity index (χ4v) is 2.57. The summed E-state index contributed by atoms with van der Waals surface area (Å²) in [5, 5.41) is 3.92. The number of hydrogen-bond donors (Lipinski definition) is 1. The van der Waals surface area contributed by atoms with Crippen LogP contribution in [0.5, 0.6) is 0 Å². The van der Waals surface area contributed by atoms with Crippen molar-refractivity contribution in [1.82, 2.24) is 10.3 Å². The van der Waals surface area contributed by atoms with Gasteiger partial charge in [-0.3, -0.25) is 0 Å². The Morgan fingerprint density at radius 2 is 2.22 bits per heavy atom. The molecule has 1 aromatic heterocycles. The van der Waals surface area contributed by atoms with Crippen molar-refractivity contribution in [3.63, 3.8) is 0 Å². The van der Waals surface area contributed by atoms with Crippen LogP contribution in [0, 0.1) is 0 Å². The first kappa shape index (κ1) is 13.6. The molecule has 2 rings (SSSR count). The summed E-state index contributed by atoms with van der Waals surface area (Å²) < 4.78 is 6.66. The van der Waals surface area contributed by atoms with Crippen molar-refractivity contribution < 1.29 is 4.42 Å². The molecule has 0 radical (unpaired) electrons. The van der Waals surface area contributed by atoms with Crippen molar-refractivity contribution in [3.05, 3.63) is 39.8 Å². The monoisotopic (exact) mass is 328 g/mol. The average molecular weight is 330 g/mol. The molecule has 1 unspecified atom stereocenters. The van der Waals surface area contributed by atoms with E-state index in [1.54, 1.807) is 6.20 Å². The Kier molecular flexibility index (Phi) is 4.43. The number of oxazole rings is 1. The van der Waals surface area contributed by atoms with Crippen LogP contribution < -0.4 is 5.32 Å². The number of nitrogens with one attached hydrogen (secondary N) is 1. The molecule has 1 atom stereocenters. The van der Waals surface area contributed by atoms with E-state index < -0.39 is 0 Å². The fraction of sp³-hybridized carbons (Fsp3) is 0.308. The fourth-order valence-electron chi connectivity index (χ4n) is 1.71. The summed E-state index contributed by atoms with van der Waals surface area (Å²) in [4.78, 5) is 4.28. The Balaban J connectivity index is 2.29. The van der Waals surface area contributed by atoms with Gasteiger partial charge in [-0.2, -0.15) is 0 Å². The van der Waals surface area contributed by atoms with E-state index in [1.807, 2.05) is 25.1 Å². The summed E-state index contributed by atoms with van der Waals surface area (Å²) in [5.41, 5.74) is 0.914. The first-order valence-electron chi connectivity index (χ1n) is 5.75. The van der Waals surface area contributed by atoms with E-state index >= 15 is 0 Å². The lowest BCUT2D eigenvalue weighted by molar-refractivity contribution is 0.429. The van der Waals surface area contributed by atoms with E-state index in [0.29, 0.717) is 10.9 Å². The first-order chi connectivity index (χ1) is 8.60. The zero-order valence-electron chi connectivity index (χ0n) is 10.2. The summed E-state index contributed by atoms with van der Waals surface area (Å²) in [6.45, 7) is 4.95. The van der Waals surface area contributed by atoms with Gasteiger partial charge in [-0.25, -0.2) is 4.98 Å². The van der Waals surface area contributed by atoms with Gasteiger partial charge in [0, 0.05) is 15.1 Å². The minimum atomic E-state index is 0.103. The molecule has 1 aromatic carbocycles. The van der Waals surface area contributed by atoms with Crippen LogP contribution >= 0.6 is 27.5 Å². The highest BCUT2D eigenvalue weighted by atomic mass is 79.9. The lowest BCUT2D eigenvalue weighted by Gasteiger charge is -2.06. The molecule has 1 heterocycles. The Hall–Kier alpha value is -0.840. The number of rotatable bonds is 4. The van der Waals surface area contributed by atoms with Crippen molar-refractivity contribution in [3.8, 4) is 11.3 Å². The van der Waals surface area contributed by atoms with Crippen molar-refractivity contribution in [2.24, 2.45) is 0 Å². The Morgan fingerprint density at radius 1 is 1.44 bits per heavy atom. The van der Waals surface area contributed by atoms with Gasteiger partial charge in [0.25, 0.3) is 0 Å². The predicted molar refractivity (Wildman–Crippen MR) is 76.7 cm³/mol. The van der Waals surface area contributed by atoms with E-state index in [-0.39, 0.29) is 6.04 Å². The standard InChI is InChI=1S/C13H14BrClN2O/c1-3-16-8(2)13-17-7-12(18-13)9-4-10(14)6-11(15)5-9/h4-8,16H,3H2,1-2H3. The summed E-state index contributed by atoms with van der Waals surface area (Å²) in [7, 11) is 0. The number of benzene rings is 1. The maximum atomic E-state index is 6.01. The van der Waals surface area contributed by atoms with Crippen LogP contribution in [0.15, 0.2) is 33.3 Å². The van der Waals surface area contributed by atoms with Gasteiger partial charge >= 0.3 is 0 Å². The molecule has 0 fully saturated rings. The highest BCUT2D eigenvalue weighted by Gasteiger charge is 2.12. The minimum Gasteiger partial charge on any atom is -0.439 e. The number of halogens is 2. The van der Waals surface area contributed by atoms with Gasteiger partial charge in [-0.05, 0) is 31.7 Å². The van der Waals surface area contributed by atoms with E-state index in [9.17, 15) is 0 Å². The van der Waals surface area contributed by atoms with E-state index in [4.69, 9.17) is 16.0 Å². The van der Waals surface area contributed by atoms with Crippen LogP contribution in [0.4, 0.5) is 0 Å². The van der Waals surface area contributed by atoms with Gasteiger partial charge in [0.1, 0.15) is 0 Å². The largest absolute Gasteiger partial charge is 0.439 e. The van der Waals surface area contributed by atoms with Crippen molar-refractivity contribution in [2.75, 3.05) is 6.54 Å². The number of nitrogens with zero attached hydrogens (tertiary/aromatic N) is 1. The maximum Gasteiger partial charge on any atom is 0.211 e. The lowest BCUT2D eigenvalue weighted by Crippen LogP contribution is -2.17. The van der Waals surface area contributed by atoms with Gasteiger partial charge in [0.15, 0.2) is 5.76 Å². The molecule has 0 spiro atoms. The molecule has 96 valence electrons. The second kappa shape index (κ2) is 5.87. The summed E-state index contributed by atoms with van der Waals surface area (Å²) in [5.74, 6) is 1.40. The maximum absolute atomic E-state index is 6.01. The van der Waals surface area contributed by atoms with Gasteiger partial charge in [0.2, 0.25) is 5.89 Å². The van der Waals surface area contributed by atoms with Gasteiger partial charge < -0.3 is 9.73 Å². The van der Waals surface area contributed by atoms with Crippen LogP contribution in [0.2, 0.25) is 5.02 Å². The third-order valence-electron chi connectivity index (χ3n) is 2.55. The van der Waals surface area contributed by atoms with Crippen LogP contribution in [-0.2, 0) is 0 Å². The lowest BCUT2D eigenvalue weighted by atomic mass is 10.2. The topological polar surface area (TPSA) is 38.1 Å². The second-order valence-corrected chi connectivity index (χ2v) is 5.35. The zero-order valence-corrected chi connectivity index (χ0v) is 12.5. The Labute approximate surface area is 120 Å². The van der Waals surface area contributed by atoms with Crippen molar-refractivity contribution in [1.29, 1.82) is 0 Å². The molecule has 0 aliphatic heterocycles. The van der Waals surface area contributed by atoms with Gasteiger partial charge in [-0.1, -0.05) is 34.5 Å². The van der Waals surface area contributed by atoms with Crippen molar-refractivity contribution >= 4 is 27.5 Å². The first-order valence-corrected chi connectivity index (χ1v) is 6.93. The number of aromatic nitrogens is 1. The van der Waals surface area contributed by atoms with E-state index in [1.165, 1.54) is 0 Å². The molecule has 5 heteroatoms. The summed E-state index contributed by atoms with van der Waals surface area (Å²) >= 11 is 9.43. The smallest absolute Gasteiger partial charge is 0.211 e. The zero-order chi connectivity index (χ0) is 13.1. The molecule has 0 aliphatic rings. The Morgan fingerprint density at radius 3 is 2.89 bits per heavy atom. The van der Waals surface area contributed by atoms with Crippen LogP contribution in [-0.4, -0.2) is 11.5 Å². The highest BCUT2D eigenvalue weighted by Crippen LogP contribution is 2.28. The van der Waals surface area contributed by atoms with E-state index in [0.717, 1.165) is 22.3 Å². The normalized spacial score (nSPS) is 12.7. The molecule has 3 nitrogen and oxygen atoms in total. The second-order valence-electron chi connectivity index (χ2n) is 4.00.